The summed E-state index contributed by atoms with van der Waals surface area (Å²) in [5.41, 5.74) is 2.43. The first kappa shape index (κ1) is 27.6. The van der Waals surface area contributed by atoms with Gasteiger partial charge in [-0.1, -0.05) is 61.0 Å². The van der Waals surface area contributed by atoms with Crippen LogP contribution in [0.2, 0.25) is 0 Å². The Bertz CT molecular complexity index is 1190. The third-order valence-corrected chi connectivity index (χ3v) is 10.6. The van der Waals surface area contributed by atoms with Crippen LogP contribution in [0.15, 0.2) is 59.3 Å². The summed E-state index contributed by atoms with van der Waals surface area (Å²) in [6.07, 6.45) is 13.1. The molecule has 0 spiro atoms. The summed E-state index contributed by atoms with van der Waals surface area (Å²) >= 11 is 0. The van der Waals surface area contributed by atoms with Crippen LogP contribution in [0.4, 0.5) is 0 Å². The highest BCUT2D eigenvalue weighted by Gasteiger charge is 2.61. The lowest BCUT2D eigenvalue weighted by Crippen LogP contribution is -2.53. The Labute approximate surface area is 231 Å². The van der Waals surface area contributed by atoms with Crippen LogP contribution >= 0.6 is 0 Å². The second kappa shape index (κ2) is 10.6. The van der Waals surface area contributed by atoms with E-state index in [0.29, 0.717) is 29.9 Å². The maximum atomic E-state index is 12.5. The van der Waals surface area contributed by atoms with Gasteiger partial charge in [0.15, 0.2) is 6.61 Å². The predicted molar refractivity (Wildman–Crippen MR) is 150 cm³/mol. The van der Waals surface area contributed by atoms with Crippen LogP contribution in [-0.2, 0) is 25.6 Å². The third-order valence-electron chi connectivity index (χ3n) is 10.6. The van der Waals surface area contributed by atoms with Gasteiger partial charge in [0.05, 0.1) is 12.7 Å². The highest BCUT2D eigenvalue weighted by Crippen LogP contribution is 2.66. The highest BCUT2D eigenvalue weighted by molar-refractivity contribution is 6.05. The van der Waals surface area contributed by atoms with Crippen molar-refractivity contribution >= 4 is 17.6 Å². The second-order valence-corrected chi connectivity index (χ2v) is 12.6. The predicted octanol–water partition coefficient (Wildman–Crippen LogP) is 4.75. The molecule has 1 amide bonds. The normalized spacial score (nSPS) is 36.7. The van der Waals surface area contributed by atoms with E-state index in [1.807, 2.05) is 43.3 Å². The van der Waals surface area contributed by atoms with Gasteiger partial charge >= 0.3 is 5.97 Å². The molecule has 3 saturated carbocycles. The lowest BCUT2D eigenvalue weighted by Gasteiger charge is -2.58. The number of nitrogens with one attached hydrogen (secondary N) is 1. The molecule has 0 unspecified atom stereocenters. The first-order valence-electron chi connectivity index (χ1n) is 14.3. The minimum atomic E-state index is -0.797. The van der Waals surface area contributed by atoms with Crippen molar-refractivity contribution in [2.75, 3.05) is 13.7 Å². The van der Waals surface area contributed by atoms with Gasteiger partial charge in [0.1, 0.15) is 11.8 Å². The van der Waals surface area contributed by atoms with Crippen molar-refractivity contribution in [2.24, 2.45) is 33.7 Å². The number of ether oxygens (including phenoxy) is 1. The Morgan fingerprint density at radius 2 is 1.85 bits per heavy atom. The van der Waals surface area contributed by atoms with E-state index >= 15 is 0 Å². The molecule has 0 aromatic heterocycles. The number of hydrogen-bond acceptors (Lipinski definition) is 6. The molecule has 39 heavy (non-hydrogen) atoms. The molecule has 0 bridgehead atoms. The van der Waals surface area contributed by atoms with Crippen molar-refractivity contribution in [2.45, 2.75) is 77.4 Å². The van der Waals surface area contributed by atoms with Gasteiger partial charge < -0.3 is 20.0 Å². The van der Waals surface area contributed by atoms with E-state index in [4.69, 9.17) is 9.57 Å². The van der Waals surface area contributed by atoms with Crippen LogP contribution in [-0.4, -0.2) is 48.1 Å². The number of nitrogens with zero attached hydrogens (tertiary/aromatic N) is 1. The van der Waals surface area contributed by atoms with Crippen LogP contribution in [0.1, 0.15) is 64.9 Å². The number of rotatable bonds is 7. The SMILES string of the molecule is COC(=O)[C@H](Cc1ccccc1)NC(=O)CO/N=C1/C=C[C@@]2(C)C(=C1)CC[C@@H]1[C@H]2CC[C@@]2(C)[C@H]1CC[C@]2(C)O. The number of benzene rings is 1. The Morgan fingerprint density at radius 3 is 2.59 bits per heavy atom. The average Bonchev–Trinajstić information content (AvgIpc) is 3.17. The number of carbonyl (C=O) groups excluding carboxylic acids is 2. The molecule has 0 heterocycles. The van der Waals surface area contributed by atoms with Crippen molar-refractivity contribution in [1.82, 2.24) is 5.32 Å². The molecular weight excluding hydrogens is 492 g/mol. The third kappa shape index (κ3) is 5.06. The number of aliphatic hydroxyl groups is 1. The number of allylic oxidation sites excluding steroid dienone is 4. The van der Waals surface area contributed by atoms with Gasteiger partial charge in [0, 0.05) is 11.8 Å². The van der Waals surface area contributed by atoms with Gasteiger partial charge in [-0.3, -0.25) is 4.79 Å². The molecule has 7 heteroatoms. The van der Waals surface area contributed by atoms with E-state index in [1.165, 1.54) is 12.7 Å². The topological polar surface area (TPSA) is 97.2 Å². The largest absolute Gasteiger partial charge is 0.467 e. The maximum absolute atomic E-state index is 12.5. The fraction of sp³-hybridized carbons (Fsp3) is 0.594. The number of methoxy groups -OCH3 is 1. The van der Waals surface area contributed by atoms with E-state index in [0.717, 1.165) is 44.1 Å². The summed E-state index contributed by atoms with van der Waals surface area (Å²) < 4.78 is 4.87. The number of esters is 1. The van der Waals surface area contributed by atoms with E-state index in [2.05, 4.69) is 36.5 Å². The summed E-state index contributed by atoms with van der Waals surface area (Å²) in [5, 5.41) is 18.1. The van der Waals surface area contributed by atoms with Gasteiger partial charge in [0.25, 0.3) is 5.91 Å². The van der Waals surface area contributed by atoms with Crippen LogP contribution in [0.25, 0.3) is 0 Å². The standard InChI is InChI=1S/C32H42N2O5/c1-30-15-12-23(34-39-20-28(35)33-27(29(36)38-4)18-21-8-6-5-7-9-21)19-22(30)10-11-24-25(30)13-16-31(2)26(24)14-17-32(31,3)37/h5-9,12,15,19,24-27,37H,10-11,13-14,16-18,20H2,1-4H3,(H,33,35)/b34-23-/t24-,25-,26+,27+,30+,31+,32+/m1/s1. The molecule has 5 rings (SSSR count). The molecule has 2 N–H and O–H groups in total. The number of fused-ring (bicyclic) bond motifs is 5. The molecule has 1 aromatic carbocycles. The van der Waals surface area contributed by atoms with E-state index < -0.39 is 23.5 Å². The fourth-order valence-electron chi connectivity index (χ4n) is 8.09. The summed E-state index contributed by atoms with van der Waals surface area (Å²) in [6, 6.07) is 8.68. The molecule has 0 saturated heterocycles. The van der Waals surface area contributed by atoms with Crippen LogP contribution in [0.5, 0.6) is 0 Å². The highest BCUT2D eigenvalue weighted by atomic mass is 16.6. The van der Waals surface area contributed by atoms with Gasteiger partial charge in [-0.05, 0) is 86.3 Å². The van der Waals surface area contributed by atoms with Crippen LogP contribution < -0.4 is 5.32 Å². The molecule has 210 valence electrons. The first-order chi connectivity index (χ1) is 18.6. The van der Waals surface area contributed by atoms with Gasteiger partial charge in [0.2, 0.25) is 0 Å². The summed E-state index contributed by atoms with van der Waals surface area (Å²) in [7, 11) is 1.31. The Morgan fingerprint density at radius 1 is 1.10 bits per heavy atom. The lowest BCUT2D eigenvalue weighted by molar-refractivity contribution is -0.145. The zero-order valence-electron chi connectivity index (χ0n) is 23.6. The number of amides is 1. The minimum Gasteiger partial charge on any atom is -0.467 e. The van der Waals surface area contributed by atoms with Crippen molar-refractivity contribution < 1.29 is 24.3 Å². The molecule has 0 aliphatic heterocycles. The fourth-order valence-corrected chi connectivity index (χ4v) is 8.09. The smallest absolute Gasteiger partial charge is 0.328 e. The molecule has 0 radical (unpaired) electrons. The molecule has 1 aromatic rings. The number of oxime groups is 1. The summed E-state index contributed by atoms with van der Waals surface area (Å²) in [6.45, 7) is 6.43. The van der Waals surface area contributed by atoms with Gasteiger partial charge in [-0.15, -0.1) is 0 Å². The molecule has 7 atom stereocenters. The van der Waals surface area contributed by atoms with E-state index in [9.17, 15) is 14.7 Å². The van der Waals surface area contributed by atoms with Crippen molar-refractivity contribution in [3.05, 3.63) is 59.7 Å². The Hall–Kier alpha value is -2.93. The second-order valence-electron chi connectivity index (χ2n) is 12.6. The number of hydrogen-bond donors (Lipinski definition) is 2. The minimum absolute atomic E-state index is 0.0130. The van der Waals surface area contributed by atoms with Crippen molar-refractivity contribution in [1.29, 1.82) is 0 Å². The maximum Gasteiger partial charge on any atom is 0.328 e. The van der Waals surface area contributed by atoms with E-state index in [-0.39, 0.29) is 17.4 Å². The van der Waals surface area contributed by atoms with Crippen LogP contribution in [0, 0.1) is 28.6 Å². The Kier molecular flexibility index (Phi) is 7.49. The molecule has 4 aliphatic carbocycles. The summed E-state index contributed by atoms with van der Waals surface area (Å²) in [4.78, 5) is 30.2. The van der Waals surface area contributed by atoms with Crippen molar-refractivity contribution in [3.63, 3.8) is 0 Å². The Balaban J connectivity index is 1.20. The van der Waals surface area contributed by atoms with Crippen LogP contribution in [0.3, 0.4) is 0 Å². The van der Waals surface area contributed by atoms with Gasteiger partial charge in [-0.25, -0.2) is 4.79 Å². The molecule has 3 fully saturated rings. The molecule has 4 aliphatic rings. The quantitative estimate of drug-likeness (QED) is 0.389. The monoisotopic (exact) mass is 534 g/mol. The van der Waals surface area contributed by atoms with E-state index in [1.54, 1.807) is 0 Å². The average molecular weight is 535 g/mol. The van der Waals surface area contributed by atoms with Gasteiger partial charge in [-0.2, -0.15) is 0 Å². The number of carbonyl (C=O) groups is 2. The summed E-state index contributed by atoms with van der Waals surface area (Å²) in [5.74, 6) is 0.833. The molecular formula is C32H42N2O5. The molecule has 7 nitrogen and oxygen atoms in total. The van der Waals surface area contributed by atoms with Crippen molar-refractivity contribution in [3.8, 4) is 0 Å². The zero-order valence-corrected chi connectivity index (χ0v) is 23.6. The first-order valence-corrected chi connectivity index (χ1v) is 14.3. The lowest BCUT2D eigenvalue weighted by atomic mass is 9.47. The zero-order chi connectivity index (χ0) is 27.8.